The molecule has 0 spiro atoms. The highest BCUT2D eigenvalue weighted by atomic mass is 32.2. The highest BCUT2D eigenvalue weighted by Gasteiger charge is 2.09. The number of rotatable bonds is 1. The van der Waals surface area contributed by atoms with E-state index in [2.05, 4.69) is 18.7 Å². The minimum Gasteiger partial charge on any atom is -0.192 e. The maximum absolute atomic E-state index is 8.89. The monoisotopic (exact) mass is 237 g/mol. The van der Waals surface area contributed by atoms with Gasteiger partial charge in [0.2, 0.25) is 0 Å². The van der Waals surface area contributed by atoms with Crippen LogP contribution < -0.4 is 0 Å². The van der Waals surface area contributed by atoms with Crippen LogP contribution in [-0.4, -0.2) is 6.26 Å². The molecule has 0 fully saturated rings. The van der Waals surface area contributed by atoms with E-state index in [9.17, 15) is 0 Å². The van der Waals surface area contributed by atoms with Gasteiger partial charge in [0.15, 0.2) is 0 Å². The van der Waals surface area contributed by atoms with Crippen LogP contribution in [0.2, 0.25) is 0 Å². The molecule has 0 aliphatic rings. The molecule has 1 aromatic carbocycles. The molecule has 0 amide bonds. The lowest BCUT2D eigenvalue weighted by Gasteiger charge is -2.02. The van der Waals surface area contributed by atoms with Gasteiger partial charge in [-0.05, 0) is 12.3 Å². The largest absolute Gasteiger partial charge is 0.192 e. The van der Waals surface area contributed by atoms with Gasteiger partial charge in [0, 0.05) is 20.6 Å². The topological polar surface area (TPSA) is 23.8 Å². The first-order valence-corrected chi connectivity index (χ1v) is 6.50. The van der Waals surface area contributed by atoms with Gasteiger partial charge in [-0.3, -0.25) is 0 Å². The summed E-state index contributed by atoms with van der Waals surface area (Å²) in [6.45, 7) is 0. The second kappa shape index (κ2) is 3.85. The lowest BCUT2D eigenvalue weighted by atomic mass is 10.2. The zero-order valence-electron chi connectivity index (χ0n) is 7.44. The molecule has 0 atom stereocenters. The van der Waals surface area contributed by atoms with E-state index in [1.54, 1.807) is 23.1 Å². The lowest BCUT2D eigenvalue weighted by molar-refractivity contribution is 1.33. The van der Waals surface area contributed by atoms with Gasteiger partial charge >= 0.3 is 0 Å². The molecular weight excluding hydrogens is 230 g/mol. The highest BCUT2D eigenvalue weighted by molar-refractivity contribution is 7.99. The van der Waals surface area contributed by atoms with Crippen molar-refractivity contribution >= 4 is 45.8 Å². The number of hydrogen-bond donors (Lipinski definition) is 1. The molecule has 1 aromatic heterocycles. The maximum Gasteiger partial charge on any atom is 0.101 e. The number of nitriles is 1. The summed E-state index contributed by atoms with van der Waals surface area (Å²) in [4.78, 5) is 2.15. The number of benzene rings is 1. The molecule has 0 radical (unpaired) electrons. The van der Waals surface area contributed by atoms with Crippen molar-refractivity contribution in [3.05, 3.63) is 23.1 Å². The van der Waals surface area contributed by atoms with E-state index in [1.165, 1.54) is 4.70 Å². The molecule has 0 saturated carbocycles. The predicted molar refractivity (Wildman–Crippen MR) is 65.6 cm³/mol. The lowest BCUT2D eigenvalue weighted by Crippen LogP contribution is -1.76. The minimum absolute atomic E-state index is 0.758. The normalized spacial score (nSPS) is 10.4. The summed E-state index contributed by atoms with van der Waals surface area (Å²) in [7, 11) is 0. The van der Waals surface area contributed by atoms with Crippen molar-refractivity contribution in [3.8, 4) is 6.07 Å². The Labute approximate surface area is 96.2 Å². The molecular formula is C10H7NS3. The molecule has 0 saturated heterocycles. The summed E-state index contributed by atoms with van der Waals surface area (Å²) in [6.07, 6.45) is 2.03. The number of nitrogens with zero attached hydrogens (tertiary/aromatic N) is 1. The van der Waals surface area contributed by atoms with Gasteiger partial charge < -0.3 is 0 Å². The standard InChI is InChI=1S/C10H7NS3/c1-13-10-8(12)3-2-7-6(4-11)5-14-9(7)10/h2-3,5,12H,1H3. The summed E-state index contributed by atoms with van der Waals surface area (Å²) >= 11 is 7.68. The van der Waals surface area contributed by atoms with Crippen LogP contribution in [0.15, 0.2) is 27.3 Å². The molecule has 4 heteroatoms. The van der Waals surface area contributed by atoms with E-state index in [1.807, 2.05) is 23.8 Å². The fraction of sp³-hybridized carbons (Fsp3) is 0.100. The van der Waals surface area contributed by atoms with Crippen LogP contribution in [0.5, 0.6) is 0 Å². The molecule has 14 heavy (non-hydrogen) atoms. The average Bonchev–Trinajstić information content (AvgIpc) is 2.60. The van der Waals surface area contributed by atoms with Gasteiger partial charge in [0.05, 0.1) is 10.3 Å². The first-order chi connectivity index (χ1) is 6.77. The SMILES string of the molecule is CSc1c(S)ccc2c(C#N)csc12. The third-order valence-corrected chi connectivity index (χ3v) is 4.50. The fourth-order valence-corrected chi connectivity index (χ4v) is 3.79. The van der Waals surface area contributed by atoms with Crippen molar-refractivity contribution in [3.63, 3.8) is 0 Å². The molecule has 0 aliphatic carbocycles. The fourth-order valence-electron chi connectivity index (χ4n) is 1.35. The van der Waals surface area contributed by atoms with Gasteiger partial charge in [-0.25, -0.2) is 0 Å². The van der Waals surface area contributed by atoms with Gasteiger partial charge in [-0.2, -0.15) is 5.26 Å². The molecule has 0 bridgehead atoms. The Kier molecular flexibility index (Phi) is 2.73. The Morgan fingerprint density at radius 2 is 2.29 bits per heavy atom. The number of hydrogen-bond acceptors (Lipinski definition) is 4. The van der Waals surface area contributed by atoms with Crippen LogP contribution >= 0.6 is 35.7 Å². The van der Waals surface area contributed by atoms with Crippen molar-refractivity contribution in [1.82, 2.24) is 0 Å². The molecule has 0 unspecified atom stereocenters. The summed E-state index contributed by atoms with van der Waals surface area (Å²) in [5, 5.41) is 11.8. The van der Waals surface area contributed by atoms with Crippen molar-refractivity contribution in [2.75, 3.05) is 6.26 Å². The van der Waals surface area contributed by atoms with Crippen LogP contribution in [-0.2, 0) is 0 Å². The summed E-state index contributed by atoms with van der Waals surface area (Å²) < 4.78 is 1.17. The Bertz CT molecular complexity index is 522. The second-order valence-electron chi connectivity index (χ2n) is 2.76. The first kappa shape index (κ1) is 9.91. The Hall–Kier alpha value is -0.630. The third kappa shape index (κ3) is 1.42. The average molecular weight is 237 g/mol. The first-order valence-electron chi connectivity index (χ1n) is 3.95. The molecule has 2 rings (SSSR count). The molecule has 0 aliphatic heterocycles. The summed E-state index contributed by atoms with van der Waals surface area (Å²) in [5.41, 5.74) is 0.758. The minimum atomic E-state index is 0.758. The number of fused-ring (bicyclic) bond motifs is 1. The number of thioether (sulfide) groups is 1. The molecule has 1 nitrogen and oxygen atoms in total. The van der Waals surface area contributed by atoms with Crippen molar-refractivity contribution in [2.45, 2.75) is 9.79 Å². The zero-order chi connectivity index (χ0) is 10.1. The second-order valence-corrected chi connectivity index (χ2v) is 4.93. The van der Waals surface area contributed by atoms with Crippen molar-refractivity contribution in [2.24, 2.45) is 0 Å². The Morgan fingerprint density at radius 1 is 1.50 bits per heavy atom. The molecule has 70 valence electrons. The smallest absolute Gasteiger partial charge is 0.101 e. The Morgan fingerprint density at radius 3 is 2.93 bits per heavy atom. The Balaban J connectivity index is 2.85. The predicted octanol–water partition coefficient (Wildman–Crippen LogP) is 3.78. The van der Waals surface area contributed by atoms with Gasteiger partial charge in [0.25, 0.3) is 0 Å². The number of thiophene rings is 1. The molecule has 1 heterocycles. The van der Waals surface area contributed by atoms with Gasteiger partial charge in [-0.15, -0.1) is 35.7 Å². The van der Waals surface area contributed by atoms with Gasteiger partial charge in [0.1, 0.15) is 6.07 Å². The van der Waals surface area contributed by atoms with E-state index in [0.29, 0.717) is 0 Å². The van der Waals surface area contributed by atoms with Crippen LogP contribution in [0.3, 0.4) is 0 Å². The van der Waals surface area contributed by atoms with Crippen molar-refractivity contribution in [1.29, 1.82) is 5.26 Å². The number of thiol groups is 1. The van der Waals surface area contributed by atoms with E-state index < -0.39 is 0 Å². The third-order valence-electron chi connectivity index (χ3n) is 2.00. The van der Waals surface area contributed by atoms with E-state index >= 15 is 0 Å². The van der Waals surface area contributed by atoms with E-state index in [4.69, 9.17) is 5.26 Å². The van der Waals surface area contributed by atoms with Crippen LogP contribution in [0, 0.1) is 11.3 Å². The molecule has 0 N–H and O–H groups in total. The van der Waals surface area contributed by atoms with Crippen LogP contribution in [0.4, 0.5) is 0 Å². The maximum atomic E-state index is 8.89. The quantitative estimate of drug-likeness (QED) is 0.602. The van der Waals surface area contributed by atoms with Crippen LogP contribution in [0.1, 0.15) is 5.56 Å². The molecule has 2 aromatic rings. The summed E-state index contributed by atoms with van der Waals surface area (Å²) in [6, 6.07) is 6.11. The van der Waals surface area contributed by atoms with E-state index in [0.717, 1.165) is 20.7 Å². The highest BCUT2D eigenvalue weighted by Crippen LogP contribution is 2.37. The van der Waals surface area contributed by atoms with Crippen LogP contribution in [0.25, 0.3) is 10.1 Å². The summed E-state index contributed by atoms with van der Waals surface area (Å²) in [5.74, 6) is 0. The zero-order valence-corrected chi connectivity index (χ0v) is 9.97. The van der Waals surface area contributed by atoms with Gasteiger partial charge in [-0.1, -0.05) is 6.07 Å². The van der Waals surface area contributed by atoms with E-state index in [-0.39, 0.29) is 0 Å². The van der Waals surface area contributed by atoms with Crippen molar-refractivity contribution < 1.29 is 0 Å².